The van der Waals surface area contributed by atoms with E-state index in [1.54, 1.807) is 45.7 Å². The molecule has 6 aromatic rings. The predicted molar refractivity (Wildman–Crippen MR) is 256 cm³/mol. The van der Waals surface area contributed by atoms with E-state index >= 15 is 0 Å². The molecule has 0 aliphatic heterocycles. The van der Waals surface area contributed by atoms with E-state index in [1.165, 1.54) is 37.0 Å². The molecule has 0 heterocycles. The minimum Gasteiger partial charge on any atom is -0.466 e. The Balaban J connectivity index is 0.000000579. The minimum absolute atomic E-state index is 0. The number of rotatable bonds is 19. The molecule has 0 bridgehead atoms. The number of benzene rings is 6. The number of aliphatic hydroxyl groups is 1. The Hall–Kier alpha value is -3.01. The van der Waals surface area contributed by atoms with Crippen LogP contribution in [0.4, 0.5) is 0 Å². The van der Waals surface area contributed by atoms with Crippen molar-refractivity contribution < 1.29 is 31.7 Å². The molecule has 298 valence electrons. The quantitative estimate of drug-likeness (QED) is 0.0505. The van der Waals surface area contributed by atoms with Crippen LogP contribution in [0.5, 0.6) is 0 Å². The number of esters is 1. The molecule has 0 radical (unpaired) electrons. The van der Waals surface area contributed by atoms with E-state index in [9.17, 15) is 4.79 Å². The van der Waals surface area contributed by atoms with Crippen LogP contribution in [0.25, 0.3) is 0 Å². The van der Waals surface area contributed by atoms with E-state index in [1.807, 2.05) is 0 Å². The topological polar surface area (TPSA) is 46.5 Å². The van der Waals surface area contributed by atoms with Crippen LogP contribution in [0.3, 0.4) is 0 Å². The summed E-state index contributed by atoms with van der Waals surface area (Å²) in [5, 5.41) is 18.1. The van der Waals surface area contributed by atoms with Crippen molar-refractivity contribution in [1.82, 2.24) is 0 Å². The third-order valence-corrected chi connectivity index (χ3v) is 22.8. The van der Waals surface area contributed by atoms with Gasteiger partial charge in [-0.25, -0.2) is 0 Å². The first-order valence-electron chi connectivity index (χ1n) is 20.1. The first kappa shape index (κ1) is 46.7. The second-order valence-corrected chi connectivity index (χ2v) is 24.9. The average molecular weight is 877 g/mol. The van der Waals surface area contributed by atoms with Gasteiger partial charge in [0, 0.05) is 31.4 Å². The third kappa shape index (κ3) is 16.3. The zero-order valence-corrected chi connectivity index (χ0v) is 38.5. The molecule has 0 aliphatic rings. The molecule has 1 atom stereocenters. The average Bonchev–Trinajstić information content (AvgIpc) is 3.25. The van der Waals surface area contributed by atoms with Crippen molar-refractivity contribution in [3.05, 3.63) is 182 Å². The number of carbonyl (C=O) groups is 1. The Morgan fingerprint density at radius 1 is 0.474 bits per heavy atom. The molecule has 0 fully saturated rings. The van der Waals surface area contributed by atoms with E-state index < -0.39 is 37.8 Å². The van der Waals surface area contributed by atoms with E-state index in [-0.39, 0.29) is 23.0 Å². The van der Waals surface area contributed by atoms with Crippen LogP contribution in [-0.4, -0.2) is 60.8 Å². The normalized spacial score (nSPS) is 11.5. The maximum absolute atomic E-state index is 10.6. The van der Waals surface area contributed by atoms with Crippen molar-refractivity contribution in [3.63, 3.8) is 0 Å². The largest absolute Gasteiger partial charge is 0.466 e. The van der Waals surface area contributed by atoms with Crippen LogP contribution in [-0.2, 0) is 26.6 Å². The number of aliphatic hydroxyl groups excluding tert-OH is 1. The molecule has 1 N–H and O–H groups in total. The van der Waals surface area contributed by atoms with Crippen molar-refractivity contribution in [1.29, 1.82) is 0 Å². The predicted octanol–water partition coefficient (Wildman–Crippen LogP) is 8.50. The van der Waals surface area contributed by atoms with Gasteiger partial charge >= 0.3 is 5.97 Å². The molecule has 0 aliphatic carbocycles. The van der Waals surface area contributed by atoms with Crippen molar-refractivity contribution in [3.8, 4) is 0 Å². The van der Waals surface area contributed by atoms with Gasteiger partial charge in [0.1, 0.15) is 0 Å². The number of hydrogen-bond donors (Lipinski definition) is 1. The van der Waals surface area contributed by atoms with Gasteiger partial charge < -0.3 is 9.84 Å². The molecule has 0 amide bonds. The summed E-state index contributed by atoms with van der Waals surface area (Å²) in [5.41, 5.74) is 0. The van der Waals surface area contributed by atoms with E-state index in [0.29, 0.717) is 19.4 Å². The smallest absolute Gasteiger partial charge is 0.305 e. The molecular weight excluding hydrogens is 816 g/mol. The molecular formula is C49H60FeO3P4+4. The number of hydrogen-bond acceptors (Lipinski definition) is 3. The SMILES string of the molecule is CCOC(=O)CCC(C)O.[Fe].c1ccc([PH+](CC[PH+](CC[PH+](c2ccccc2)c2ccccc2)CC[PH+](c2ccccc2)c2ccccc2)c2ccccc2)cc1. The Bertz CT molecular complexity index is 1600. The van der Waals surface area contributed by atoms with Crippen LogP contribution >= 0.6 is 31.7 Å². The summed E-state index contributed by atoms with van der Waals surface area (Å²) in [6.45, 7) is 3.83. The van der Waals surface area contributed by atoms with Gasteiger partial charge in [0.2, 0.25) is 0 Å². The van der Waals surface area contributed by atoms with Crippen LogP contribution in [0.1, 0.15) is 26.7 Å². The van der Waals surface area contributed by atoms with Crippen molar-refractivity contribution in [2.24, 2.45) is 0 Å². The van der Waals surface area contributed by atoms with Gasteiger partial charge in [-0.2, -0.15) is 0 Å². The second-order valence-electron chi connectivity index (χ2n) is 14.1. The standard InChI is InChI=1S/C42H42P4.C7H14O3.Fe/c1-7-19-37(20-8-1)44(38-21-9-2-10-22-38)34-31-43(32-35-45(39-23-11-3-12-24-39)40-25-13-4-14-26-40)33-36-46(41-27-15-5-16-28-41)42-29-17-6-18-30-42;1-3-10-7(9)5-4-6(2)8;/h1-30H,31-36H2;6,8H,3-5H2,1-2H3;/p+4. The van der Waals surface area contributed by atoms with Gasteiger partial charge in [0.15, 0.2) is 0 Å². The molecule has 1 unspecified atom stereocenters. The van der Waals surface area contributed by atoms with Crippen LogP contribution in [0, 0.1) is 0 Å². The van der Waals surface area contributed by atoms with Crippen LogP contribution < -0.4 is 31.8 Å². The van der Waals surface area contributed by atoms with Gasteiger partial charge in [-0.15, -0.1) is 0 Å². The van der Waals surface area contributed by atoms with Gasteiger partial charge in [0.05, 0.1) is 105 Å². The van der Waals surface area contributed by atoms with Crippen LogP contribution in [0.2, 0.25) is 0 Å². The van der Waals surface area contributed by atoms with Gasteiger partial charge in [-0.1, -0.05) is 109 Å². The molecule has 3 nitrogen and oxygen atoms in total. The number of ether oxygens (including phenoxy) is 1. The van der Waals surface area contributed by atoms with E-state index in [0.717, 1.165) is 0 Å². The fraction of sp³-hybridized carbons (Fsp3) is 0.245. The molecule has 8 heteroatoms. The van der Waals surface area contributed by atoms with Gasteiger partial charge in [-0.3, -0.25) is 4.79 Å². The second kappa shape index (κ2) is 26.9. The Morgan fingerprint density at radius 2 is 0.719 bits per heavy atom. The molecule has 0 spiro atoms. The van der Waals surface area contributed by atoms with Crippen LogP contribution in [0.15, 0.2) is 182 Å². The summed E-state index contributed by atoms with van der Waals surface area (Å²) < 4.78 is 4.64. The Morgan fingerprint density at radius 3 is 0.930 bits per heavy atom. The summed E-state index contributed by atoms with van der Waals surface area (Å²) in [4.78, 5) is 10.6. The zero-order valence-electron chi connectivity index (χ0n) is 33.4. The molecule has 6 aromatic carbocycles. The first-order chi connectivity index (χ1) is 27.5. The Kier molecular flexibility index (Phi) is 22.0. The number of carbonyl (C=O) groups excluding carboxylic acids is 1. The van der Waals surface area contributed by atoms with Crippen molar-refractivity contribution in [2.45, 2.75) is 32.8 Å². The molecule has 6 rings (SSSR count). The van der Waals surface area contributed by atoms with E-state index in [4.69, 9.17) is 5.11 Å². The molecule has 57 heavy (non-hydrogen) atoms. The van der Waals surface area contributed by atoms with Crippen molar-refractivity contribution >= 4 is 69.5 Å². The maximum Gasteiger partial charge on any atom is 0.305 e. The summed E-state index contributed by atoms with van der Waals surface area (Å²) >= 11 is 0. The maximum atomic E-state index is 10.6. The summed E-state index contributed by atoms with van der Waals surface area (Å²) in [7, 11) is -3.10. The third-order valence-electron chi connectivity index (χ3n) is 9.99. The molecule has 0 aromatic heterocycles. The van der Waals surface area contributed by atoms with Gasteiger partial charge in [-0.05, 0) is 93.1 Å². The molecule has 0 saturated heterocycles. The van der Waals surface area contributed by atoms with Gasteiger partial charge in [0.25, 0.3) is 0 Å². The van der Waals surface area contributed by atoms with E-state index in [2.05, 4.69) is 187 Å². The molecule has 0 saturated carbocycles. The fourth-order valence-corrected chi connectivity index (χ4v) is 21.3. The van der Waals surface area contributed by atoms with Crippen molar-refractivity contribution in [2.75, 3.05) is 43.6 Å². The monoisotopic (exact) mass is 876 g/mol. The minimum atomic E-state index is -0.835. The fourth-order valence-electron chi connectivity index (χ4n) is 7.04. The zero-order chi connectivity index (χ0) is 39.2. The first-order valence-corrected chi connectivity index (χ1v) is 27.3. The summed E-state index contributed by atoms with van der Waals surface area (Å²) in [6, 6.07) is 68.4. The Labute approximate surface area is 357 Å². The summed E-state index contributed by atoms with van der Waals surface area (Å²) in [5.74, 6) is -0.233. The summed E-state index contributed by atoms with van der Waals surface area (Å²) in [6.07, 6.45) is 8.52.